The van der Waals surface area contributed by atoms with E-state index in [-0.39, 0.29) is 54.8 Å². The van der Waals surface area contributed by atoms with Gasteiger partial charge in [0.1, 0.15) is 5.75 Å². The summed E-state index contributed by atoms with van der Waals surface area (Å²) in [5.41, 5.74) is 1.60. The van der Waals surface area contributed by atoms with Crippen LogP contribution in [0.1, 0.15) is 54.1 Å². The Hall–Kier alpha value is -3.82. The summed E-state index contributed by atoms with van der Waals surface area (Å²) in [4.78, 5) is 41.3. The van der Waals surface area contributed by atoms with Gasteiger partial charge in [-0.25, -0.2) is 0 Å². The number of anilines is 1. The van der Waals surface area contributed by atoms with Gasteiger partial charge in [0.15, 0.2) is 0 Å². The molecule has 1 N–H and O–H groups in total. The molecule has 1 aliphatic carbocycles. The van der Waals surface area contributed by atoms with Crippen LogP contribution in [-0.2, 0) is 9.59 Å². The number of alkyl halides is 3. The quantitative estimate of drug-likeness (QED) is 0.479. The fraction of sp³-hybridized carbons (Fsp3) is 0.370. The van der Waals surface area contributed by atoms with Gasteiger partial charge in [0.25, 0.3) is 5.91 Å². The molecule has 0 spiro atoms. The van der Waals surface area contributed by atoms with E-state index >= 15 is 0 Å². The van der Waals surface area contributed by atoms with Crippen molar-refractivity contribution in [2.45, 2.75) is 50.6 Å². The maximum Gasteiger partial charge on any atom is 0.573 e. The third-order valence-corrected chi connectivity index (χ3v) is 6.87. The Labute approximate surface area is 212 Å². The fourth-order valence-corrected chi connectivity index (χ4v) is 5.49. The number of amides is 2. The summed E-state index contributed by atoms with van der Waals surface area (Å²) in [6.45, 7) is 4.00. The largest absolute Gasteiger partial charge is 0.573 e. The highest BCUT2D eigenvalue weighted by Gasteiger charge is 2.48. The zero-order chi connectivity index (χ0) is 26.7. The number of halogens is 3. The molecule has 37 heavy (non-hydrogen) atoms. The second-order valence-corrected chi connectivity index (χ2v) is 9.14. The lowest BCUT2D eigenvalue weighted by molar-refractivity contribution is -0.274. The molecule has 2 aromatic carbocycles. The Morgan fingerprint density at radius 3 is 2.43 bits per heavy atom. The van der Waals surface area contributed by atoms with Crippen molar-refractivity contribution >= 4 is 23.5 Å². The fourth-order valence-electron chi connectivity index (χ4n) is 5.49. The van der Waals surface area contributed by atoms with Crippen molar-refractivity contribution in [3.05, 3.63) is 72.3 Å². The first kappa shape index (κ1) is 26.2. The first-order valence-electron chi connectivity index (χ1n) is 12.0. The lowest BCUT2D eigenvalue weighted by Crippen LogP contribution is -2.52. The molecule has 1 saturated carbocycles. The van der Waals surface area contributed by atoms with Crippen LogP contribution in [0.5, 0.6) is 5.75 Å². The predicted molar refractivity (Wildman–Crippen MR) is 129 cm³/mol. The van der Waals surface area contributed by atoms with Gasteiger partial charge in [-0.2, -0.15) is 0 Å². The molecule has 7 nitrogen and oxygen atoms in total. The van der Waals surface area contributed by atoms with E-state index in [4.69, 9.17) is 5.11 Å². The van der Waals surface area contributed by atoms with Crippen LogP contribution in [0, 0.1) is 5.92 Å². The molecule has 0 saturated heterocycles. The molecule has 2 aliphatic rings. The Bertz CT molecular complexity index is 1180. The zero-order valence-electron chi connectivity index (χ0n) is 20.0. The van der Waals surface area contributed by atoms with E-state index in [9.17, 15) is 27.6 Å². The van der Waals surface area contributed by atoms with Gasteiger partial charge < -0.3 is 19.6 Å². The number of para-hydroxylation sites is 1. The monoisotopic (exact) mass is 516 g/mol. The number of nitrogens with zero attached hydrogens (tertiary/aromatic N) is 2. The van der Waals surface area contributed by atoms with Crippen molar-refractivity contribution in [3.8, 4) is 5.75 Å². The van der Waals surface area contributed by atoms with Gasteiger partial charge in [0, 0.05) is 36.2 Å². The maximum atomic E-state index is 13.7. The number of aliphatic carboxylic acids is 1. The Morgan fingerprint density at radius 2 is 1.78 bits per heavy atom. The van der Waals surface area contributed by atoms with Crippen molar-refractivity contribution in [3.63, 3.8) is 0 Å². The van der Waals surface area contributed by atoms with Crippen LogP contribution in [0.15, 0.2) is 61.2 Å². The van der Waals surface area contributed by atoms with Gasteiger partial charge in [-0.3, -0.25) is 14.4 Å². The highest BCUT2D eigenvalue weighted by molar-refractivity contribution is 6.07. The van der Waals surface area contributed by atoms with Crippen LogP contribution in [0.2, 0.25) is 0 Å². The van der Waals surface area contributed by atoms with Crippen molar-refractivity contribution in [1.29, 1.82) is 0 Å². The molecule has 3 unspecified atom stereocenters. The van der Waals surface area contributed by atoms with Crippen molar-refractivity contribution in [2.75, 3.05) is 11.4 Å². The minimum absolute atomic E-state index is 0.0968. The van der Waals surface area contributed by atoms with E-state index in [2.05, 4.69) is 11.3 Å². The molecule has 0 bridgehead atoms. The van der Waals surface area contributed by atoms with Crippen molar-refractivity contribution < 1.29 is 37.4 Å². The summed E-state index contributed by atoms with van der Waals surface area (Å²) in [6.07, 6.45) is -1.38. The number of fused-ring (bicyclic) bond motifs is 2. The average Bonchev–Trinajstić information content (AvgIpc) is 3.33. The summed E-state index contributed by atoms with van der Waals surface area (Å²) in [5.74, 6) is -2.22. The molecule has 2 aromatic rings. The van der Waals surface area contributed by atoms with Crippen molar-refractivity contribution in [1.82, 2.24) is 4.90 Å². The first-order chi connectivity index (χ1) is 17.6. The number of hydrogen-bond acceptors (Lipinski definition) is 4. The number of ether oxygens (including phenoxy) is 1. The number of carbonyl (C=O) groups excluding carboxylic acids is 2. The minimum atomic E-state index is -4.83. The number of hydrogen-bond donors (Lipinski definition) is 1. The SMILES string of the molecule is C=CCN(C(=O)CCC(=O)O)C1c2ccccc2N(C(=O)c2ccc(OC(F)(F)F)cc2)C2CCCC12. The molecule has 4 rings (SSSR count). The summed E-state index contributed by atoms with van der Waals surface area (Å²) in [5, 5.41) is 9.07. The van der Waals surface area contributed by atoms with Crippen LogP contribution in [0.3, 0.4) is 0 Å². The van der Waals surface area contributed by atoms with E-state index in [1.165, 1.54) is 12.1 Å². The van der Waals surface area contributed by atoms with Gasteiger partial charge in [0.2, 0.25) is 5.91 Å². The van der Waals surface area contributed by atoms with Gasteiger partial charge in [-0.1, -0.05) is 30.7 Å². The summed E-state index contributed by atoms with van der Waals surface area (Å²) in [7, 11) is 0. The molecule has 10 heteroatoms. The molecule has 196 valence electrons. The maximum absolute atomic E-state index is 13.7. The van der Waals surface area contributed by atoms with Gasteiger partial charge in [-0.15, -0.1) is 19.8 Å². The molecule has 1 aliphatic heterocycles. The predicted octanol–water partition coefficient (Wildman–Crippen LogP) is 5.33. The Balaban J connectivity index is 1.70. The molecule has 2 amide bonds. The van der Waals surface area contributed by atoms with Crippen LogP contribution >= 0.6 is 0 Å². The van der Waals surface area contributed by atoms with E-state index in [0.717, 1.165) is 30.5 Å². The molecule has 0 radical (unpaired) electrons. The Morgan fingerprint density at radius 1 is 1.08 bits per heavy atom. The Kier molecular flexibility index (Phi) is 7.56. The normalized spacial score (nSPS) is 20.5. The van der Waals surface area contributed by atoms with Gasteiger partial charge in [-0.05, 0) is 48.7 Å². The zero-order valence-corrected chi connectivity index (χ0v) is 20.0. The molecular formula is C27H27F3N2O5. The molecular weight excluding hydrogens is 489 g/mol. The van der Waals surface area contributed by atoms with Crippen molar-refractivity contribution in [2.24, 2.45) is 5.92 Å². The second-order valence-electron chi connectivity index (χ2n) is 9.14. The lowest BCUT2D eigenvalue weighted by Gasteiger charge is -2.47. The van der Waals surface area contributed by atoms with Crippen LogP contribution in [-0.4, -0.2) is 46.7 Å². The van der Waals surface area contributed by atoms with Crippen LogP contribution < -0.4 is 9.64 Å². The highest BCUT2D eigenvalue weighted by Crippen LogP contribution is 2.50. The van der Waals surface area contributed by atoms with Crippen LogP contribution in [0.25, 0.3) is 0 Å². The number of carboxylic acids is 1. The third-order valence-electron chi connectivity index (χ3n) is 6.87. The molecule has 1 heterocycles. The minimum Gasteiger partial charge on any atom is -0.481 e. The second kappa shape index (κ2) is 10.7. The molecule has 0 aromatic heterocycles. The lowest BCUT2D eigenvalue weighted by atomic mass is 9.81. The third kappa shape index (κ3) is 5.63. The van der Waals surface area contributed by atoms with E-state index in [1.54, 1.807) is 28.0 Å². The smallest absolute Gasteiger partial charge is 0.481 e. The van der Waals surface area contributed by atoms with Gasteiger partial charge >= 0.3 is 12.3 Å². The van der Waals surface area contributed by atoms with E-state index in [1.807, 2.05) is 12.1 Å². The number of benzene rings is 2. The van der Waals surface area contributed by atoms with Gasteiger partial charge in [0.05, 0.1) is 12.5 Å². The average molecular weight is 517 g/mol. The summed E-state index contributed by atoms with van der Waals surface area (Å²) >= 11 is 0. The number of carbonyl (C=O) groups is 3. The summed E-state index contributed by atoms with van der Waals surface area (Å²) in [6, 6.07) is 11.5. The first-order valence-corrected chi connectivity index (χ1v) is 12.0. The van der Waals surface area contributed by atoms with Crippen LogP contribution in [0.4, 0.5) is 18.9 Å². The summed E-state index contributed by atoms with van der Waals surface area (Å²) < 4.78 is 41.6. The molecule has 1 fully saturated rings. The topological polar surface area (TPSA) is 87.2 Å². The highest BCUT2D eigenvalue weighted by atomic mass is 19.4. The van der Waals surface area contributed by atoms with E-state index < -0.39 is 18.1 Å². The number of rotatable bonds is 8. The molecule has 3 atom stereocenters. The standard InChI is InChI=1S/C27H27F3N2O5/c1-2-16-31(23(33)14-15-24(34)35)25-19-6-3-4-8-21(19)32(22-9-5-7-20(22)25)26(36)17-10-12-18(13-11-17)37-27(28,29)30/h2-4,6,8,10-13,20,22,25H,1,5,7,9,14-16H2,(H,34,35). The number of carboxylic acid groups (broad SMARTS) is 1. The van der Waals surface area contributed by atoms with E-state index in [0.29, 0.717) is 12.1 Å².